The van der Waals surface area contributed by atoms with E-state index >= 15 is 0 Å². The van der Waals surface area contributed by atoms with Gasteiger partial charge in [0, 0.05) is 6.20 Å². The molecule has 0 bridgehead atoms. The summed E-state index contributed by atoms with van der Waals surface area (Å²) < 4.78 is 18.7. The highest BCUT2D eigenvalue weighted by Gasteiger charge is 2.12. The Morgan fingerprint density at radius 3 is 2.88 bits per heavy atom. The maximum absolute atomic E-state index is 13.4. The predicted octanol–water partition coefficient (Wildman–Crippen LogP) is 2.76. The molecule has 0 aliphatic carbocycles. The fourth-order valence-corrected chi connectivity index (χ4v) is 1.21. The van der Waals surface area contributed by atoms with E-state index in [0.29, 0.717) is 11.4 Å². The minimum Gasteiger partial charge on any atom is -0.434 e. The second-order valence-corrected chi connectivity index (χ2v) is 3.33. The molecule has 0 fully saturated rings. The number of rotatable bonds is 2. The highest BCUT2D eigenvalue weighted by Crippen LogP contribution is 2.26. The molecule has 0 atom stereocenters. The SMILES string of the molecule is Cc1ncccc1Oc1ncnc(Cl)c1F. The Labute approximate surface area is 96.1 Å². The number of nitrogens with zero attached hydrogens (tertiary/aromatic N) is 3. The van der Waals surface area contributed by atoms with Gasteiger partial charge in [0.2, 0.25) is 5.82 Å². The molecule has 2 rings (SSSR count). The Balaban J connectivity index is 2.35. The zero-order chi connectivity index (χ0) is 11.5. The van der Waals surface area contributed by atoms with Gasteiger partial charge in [0.1, 0.15) is 6.33 Å². The third-order valence-electron chi connectivity index (χ3n) is 1.88. The normalized spacial score (nSPS) is 10.2. The average Bonchev–Trinajstić information content (AvgIpc) is 2.28. The monoisotopic (exact) mass is 239 g/mol. The zero-order valence-corrected chi connectivity index (χ0v) is 9.07. The quantitative estimate of drug-likeness (QED) is 0.756. The summed E-state index contributed by atoms with van der Waals surface area (Å²) in [6.07, 6.45) is 2.75. The second-order valence-electron chi connectivity index (χ2n) is 2.97. The standard InChI is InChI=1S/C10H7ClFN3O/c1-6-7(3-2-4-13-6)16-10-8(12)9(11)14-5-15-10/h2-5H,1H3. The van der Waals surface area contributed by atoms with Crippen LogP contribution in [0.15, 0.2) is 24.7 Å². The van der Waals surface area contributed by atoms with Crippen molar-refractivity contribution in [2.24, 2.45) is 0 Å². The Morgan fingerprint density at radius 1 is 1.31 bits per heavy atom. The van der Waals surface area contributed by atoms with Crippen molar-refractivity contribution in [3.63, 3.8) is 0 Å². The average molecular weight is 240 g/mol. The van der Waals surface area contributed by atoms with Crippen LogP contribution >= 0.6 is 11.6 Å². The molecule has 2 aromatic heterocycles. The van der Waals surface area contributed by atoms with Crippen molar-refractivity contribution < 1.29 is 9.13 Å². The highest BCUT2D eigenvalue weighted by molar-refractivity contribution is 6.29. The molecule has 0 saturated carbocycles. The molecule has 0 amide bonds. The van der Waals surface area contributed by atoms with Crippen molar-refractivity contribution in [2.75, 3.05) is 0 Å². The van der Waals surface area contributed by atoms with Crippen LogP contribution in [0, 0.1) is 12.7 Å². The van der Waals surface area contributed by atoms with Crippen LogP contribution in [0.1, 0.15) is 5.69 Å². The lowest BCUT2D eigenvalue weighted by molar-refractivity contribution is 0.415. The minimum absolute atomic E-state index is 0.212. The molecule has 0 unspecified atom stereocenters. The zero-order valence-electron chi connectivity index (χ0n) is 8.32. The van der Waals surface area contributed by atoms with Crippen molar-refractivity contribution in [3.05, 3.63) is 41.3 Å². The summed E-state index contributed by atoms with van der Waals surface area (Å²) >= 11 is 5.50. The molecule has 0 N–H and O–H groups in total. The van der Waals surface area contributed by atoms with Gasteiger partial charge in [0.25, 0.3) is 5.88 Å². The minimum atomic E-state index is -0.785. The molecule has 2 heterocycles. The largest absolute Gasteiger partial charge is 0.434 e. The van der Waals surface area contributed by atoms with Crippen LogP contribution in [0.2, 0.25) is 5.15 Å². The fourth-order valence-electron chi connectivity index (χ4n) is 1.09. The van der Waals surface area contributed by atoms with Crippen LogP contribution < -0.4 is 4.74 Å². The first-order valence-corrected chi connectivity index (χ1v) is 4.81. The van der Waals surface area contributed by atoms with Gasteiger partial charge in [-0.1, -0.05) is 11.6 Å². The third-order valence-corrected chi connectivity index (χ3v) is 2.14. The summed E-state index contributed by atoms with van der Waals surface area (Å²) in [7, 11) is 0. The lowest BCUT2D eigenvalue weighted by Gasteiger charge is -2.07. The van der Waals surface area contributed by atoms with E-state index in [4.69, 9.17) is 16.3 Å². The molecule has 2 aromatic rings. The number of aryl methyl sites for hydroxylation is 1. The smallest absolute Gasteiger partial charge is 0.260 e. The van der Waals surface area contributed by atoms with Gasteiger partial charge >= 0.3 is 0 Å². The molecular formula is C10H7ClFN3O. The topological polar surface area (TPSA) is 47.9 Å². The van der Waals surface area contributed by atoms with Crippen molar-refractivity contribution in [2.45, 2.75) is 6.92 Å². The van der Waals surface area contributed by atoms with E-state index < -0.39 is 5.82 Å². The van der Waals surface area contributed by atoms with Crippen LogP contribution in [0.25, 0.3) is 0 Å². The third kappa shape index (κ3) is 2.09. The van der Waals surface area contributed by atoms with Gasteiger partial charge in [-0.05, 0) is 19.1 Å². The van der Waals surface area contributed by atoms with Gasteiger partial charge in [0.15, 0.2) is 10.9 Å². The van der Waals surface area contributed by atoms with Gasteiger partial charge in [-0.15, -0.1) is 0 Å². The van der Waals surface area contributed by atoms with Crippen molar-refractivity contribution in [1.82, 2.24) is 15.0 Å². The Bertz CT molecular complexity index is 521. The fraction of sp³-hybridized carbons (Fsp3) is 0.100. The molecule has 82 valence electrons. The Kier molecular flexibility index (Phi) is 2.96. The summed E-state index contributed by atoms with van der Waals surface area (Å²) in [5.74, 6) is -0.570. The van der Waals surface area contributed by atoms with E-state index in [1.165, 1.54) is 0 Å². The molecular weight excluding hydrogens is 233 g/mol. The van der Waals surface area contributed by atoms with Gasteiger partial charge in [-0.25, -0.2) is 4.98 Å². The molecule has 0 aliphatic rings. The predicted molar refractivity (Wildman–Crippen MR) is 56.0 cm³/mol. The Hall–Kier alpha value is -1.75. The van der Waals surface area contributed by atoms with Crippen LogP contribution in [0.5, 0.6) is 11.6 Å². The number of hydrogen-bond donors (Lipinski definition) is 0. The molecule has 4 nitrogen and oxygen atoms in total. The van der Waals surface area contributed by atoms with E-state index in [1.54, 1.807) is 25.3 Å². The molecule has 0 spiro atoms. The van der Waals surface area contributed by atoms with Gasteiger partial charge in [-0.3, -0.25) is 4.98 Å². The second kappa shape index (κ2) is 4.40. The van der Waals surface area contributed by atoms with Crippen molar-refractivity contribution in [1.29, 1.82) is 0 Å². The summed E-state index contributed by atoms with van der Waals surface area (Å²) in [5.41, 5.74) is 0.636. The van der Waals surface area contributed by atoms with E-state index in [9.17, 15) is 4.39 Å². The molecule has 16 heavy (non-hydrogen) atoms. The molecule has 0 aromatic carbocycles. The summed E-state index contributed by atoms with van der Waals surface area (Å²) in [6.45, 7) is 1.75. The first-order chi connectivity index (χ1) is 7.68. The molecule has 0 radical (unpaired) electrons. The number of ether oxygens (including phenoxy) is 1. The van der Waals surface area contributed by atoms with E-state index in [0.717, 1.165) is 6.33 Å². The first kappa shape index (κ1) is 10.8. The lowest BCUT2D eigenvalue weighted by atomic mass is 10.3. The van der Waals surface area contributed by atoms with Crippen molar-refractivity contribution >= 4 is 11.6 Å². The summed E-state index contributed by atoms with van der Waals surface area (Å²) in [5, 5.41) is -0.272. The number of halogens is 2. The summed E-state index contributed by atoms with van der Waals surface area (Å²) in [6, 6.07) is 3.35. The number of aromatic nitrogens is 3. The first-order valence-electron chi connectivity index (χ1n) is 4.44. The maximum Gasteiger partial charge on any atom is 0.260 e. The van der Waals surface area contributed by atoms with Gasteiger partial charge in [-0.2, -0.15) is 9.37 Å². The van der Waals surface area contributed by atoms with Crippen molar-refractivity contribution in [3.8, 4) is 11.6 Å². The summed E-state index contributed by atoms with van der Waals surface area (Å²) in [4.78, 5) is 11.1. The number of hydrogen-bond acceptors (Lipinski definition) is 4. The highest BCUT2D eigenvalue weighted by atomic mass is 35.5. The van der Waals surface area contributed by atoms with E-state index in [1.807, 2.05) is 0 Å². The van der Waals surface area contributed by atoms with Crippen LogP contribution in [-0.4, -0.2) is 15.0 Å². The van der Waals surface area contributed by atoms with Gasteiger partial charge < -0.3 is 4.74 Å². The lowest BCUT2D eigenvalue weighted by Crippen LogP contribution is -1.96. The van der Waals surface area contributed by atoms with Gasteiger partial charge in [0.05, 0.1) is 5.69 Å². The molecule has 0 aliphatic heterocycles. The number of pyridine rings is 1. The molecule has 0 saturated heterocycles. The van der Waals surface area contributed by atoms with E-state index in [-0.39, 0.29) is 11.0 Å². The van der Waals surface area contributed by atoms with E-state index in [2.05, 4.69) is 15.0 Å². The Morgan fingerprint density at radius 2 is 2.12 bits per heavy atom. The maximum atomic E-state index is 13.4. The van der Waals surface area contributed by atoms with Crippen LogP contribution in [-0.2, 0) is 0 Å². The van der Waals surface area contributed by atoms with Crippen LogP contribution in [0.4, 0.5) is 4.39 Å². The van der Waals surface area contributed by atoms with Crippen LogP contribution in [0.3, 0.4) is 0 Å². The molecule has 6 heteroatoms.